The summed E-state index contributed by atoms with van der Waals surface area (Å²) >= 11 is 0. The molecule has 6 nitrogen and oxygen atoms in total. The highest BCUT2D eigenvalue weighted by molar-refractivity contribution is 7.90. The normalized spacial score (nSPS) is 18.2. The van der Waals surface area contributed by atoms with Gasteiger partial charge in [-0.1, -0.05) is 12.1 Å². The molecule has 1 heterocycles. The van der Waals surface area contributed by atoms with Gasteiger partial charge < -0.3 is 15.0 Å². The van der Waals surface area contributed by atoms with Gasteiger partial charge in [0.05, 0.1) is 11.9 Å². The Hall–Kier alpha value is -1.76. The van der Waals surface area contributed by atoms with Crippen LogP contribution in [-0.4, -0.2) is 50.6 Å². The Balaban J connectivity index is 1.87. The average Bonchev–Trinajstić information content (AvgIpc) is 2.51. The Labute approximate surface area is 150 Å². The molecular formula is C18H28N2O4S. The quantitative estimate of drug-likeness (QED) is 0.837. The summed E-state index contributed by atoms with van der Waals surface area (Å²) in [5, 5.41) is 2.91. The second-order valence-electron chi connectivity index (χ2n) is 7.02. The van der Waals surface area contributed by atoms with Crippen molar-refractivity contribution >= 4 is 15.9 Å². The molecule has 7 heteroatoms. The van der Waals surface area contributed by atoms with Crippen LogP contribution in [0.2, 0.25) is 0 Å². The Morgan fingerprint density at radius 3 is 2.84 bits per heavy atom. The molecule has 1 saturated heterocycles. The van der Waals surface area contributed by atoms with E-state index in [9.17, 15) is 13.2 Å². The highest BCUT2D eigenvalue weighted by Gasteiger charge is 2.25. The van der Waals surface area contributed by atoms with Crippen LogP contribution in [-0.2, 0) is 16.4 Å². The third-order valence-corrected chi connectivity index (χ3v) is 5.14. The van der Waals surface area contributed by atoms with Gasteiger partial charge in [0.2, 0.25) is 0 Å². The van der Waals surface area contributed by atoms with Crippen molar-refractivity contribution in [3.63, 3.8) is 0 Å². The smallest absolute Gasteiger partial charge is 0.317 e. The fourth-order valence-corrected chi connectivity index (χ4v) is 4.23. The van der Waals surface area contributed by atoms with Gasteiger partial charge in [-0.25, -0.2) is 13.2 Å². The van der Waals surface area contributed by atoms with E-state index in [2.05, 4.69) is 5.32 Å². The molecule has 0 aliphatic carbocycles. The number of benzene rings is 1. The van der Waals surface area contributed by atoms with E-state index in [0.717, 1.165) is 24.2 Å². The Morgan fingerprint density at radius 1 is 1.40 bits per heavy atom. The summed E-state index contributed by atoms with van der Waals surface area (Å²) in [6.45, 7) is 5.52. The van der Waals surface area contributed by atoms with Crippen molar-refractivity contribution in [2.75, 3.05) is 25.1 Å². The van der Waals surface area contributed by atoms with Gasteiger partial charge in [-0.05, 0) is 50.3 Å². The lowest BCUT2D eigenvalue weighted by Gasteiger charge is -2.32. The van der Waals surface area contributed by atoms with Crippen molar-refractivity contribution in [2.24, 2.45) is 5.92 Å². The van der Waals surface area contributed by atoms with Gasteiger partial charge in [-0.2, -0.15) is 0 Å². The zero-order valence-corrected chi connectivity index (χ0v) is 16.0. The summed E-state index contributed by atoms with van der Waals surface area (Å²) in [7, 11) is -3.02. The second-order valence-corrected chi connectivity index (χ2v) is 9.20. The van der Waals surface area contributed by atoms with Crippen molar-refractivity contribution in [2.45, 2.75) is 39.3 Å². The molecule has 2 amide bonds. The van der Waals surface area contributed by atoms with Crippen LogP contribution < -0.4 is 10.1 Å². The Kier molecular flexibility index (Phi) is 6.70. The maximum absolute atomic E-state index is 12.4. The molecule has 1 N–H and O–H groups in total. The van der Waals surface area contributed by atoms with E-state index < -0.39 is 9.84 Å². The van der Waals surface area contributed by atoms with E-state index in [4.69, 9.17) is 4.74 Å². The standard InChI is InChI=1S/C18H28N2O4S/c1-14(2)24-17-8-4-6-15(10-17)11-19-18(21)20-9-5-7-16(12-20)13-25(3,22)23/h4,6,8,10,14,16H,5,7,9,11-13H2,1-3H3,(H,19,21). The number of amides is 2. The number of likely N-dealkylation sites (tertiary alicyclic amines) is 1. The molecule has 1 aromatic carbocycles. The number of hydrogen-bond donors (Lipinski definition) is 1. The van der Waals surface area contributed by atoms with E-state index in [1.165, 1.54) is 6.26 Å². The lowest BCUT2D eigenvalue weighted by atomic mass is 10.0. The average molecular weight is 368 g/mol. The molecule has 2 rings (SSSR count). The summed E-state index contributed by atoms with van der Waals surface area (Å²) < 4.78 is 28.6. The maximum atomic E-state index is 12.4. The van der Waals surface area contributed by atoms with E-state index in [1.807, 2.05) is 38.1 Å². The van der Waals surface area contributed by atoms with Crippen LogP contribution in [0.1, 0.15) is 32.3 Å². The summed E-state index contributed by atoms with van der Waals surface area (Å²) in [6, 6.07) is 7.51. The van der Waals surface area contributed by atoms with Crippen molar-refractivity contribution in [1.29, 1.82) is 0 Å². The number of carbonyl (C=O) groups excluding carboxylic acids is 1. The maximum Gasteiger partial charge on any atom is 0.317 e. The van der Waals surface area contributed by atoms with Crippen molar-refractivity contribution < 1.29 is 17.9 Å². The van der Waals surface area contributed by atoms with Gasteiger partial charge in [0, 0.05) is 25.9 Å². The minimum absolute atomic E-state index is 0.0252. The van der Waals surface area contributed by atoms with Gasteiger partial charge in [0.1, 0.15) is 15.6 Å². The predicted molar refractivity (Wildman–Crippen MR) is 98.4 cm³/mol. The topological polar surface area (TPSA) is 75.7 Å². The molecule has 140 valence electrons. The SMILES string of the molecule is CC(C)Oc1cccc(CNC(=O)N2CCCC(CS(C)(=O)=O)C2)c1. The highest BCUT2D eigenvalue weighted by Crippen LogP contribution is 2.19. The Morgan fingerprint density at radius 2 is 2.16 bits per heavy atom. The fraction of sp³-hybridized carbons (Fsp3) is 0.611. The molecule has 0 saturated carbocycles. The van der Waals surface area contributed by atoms with Crippen LogP contribution in [0.15, 0.2) is 24.3 Å². The van der Waals surface area contributed by atoms with Crippen LogP contribution >= 0.6 is 0 Å². The van der Waals surface area contributed by atoms with E-state index in [0.29, 0.717) is 19.6 Å². The summed E-state index contributed by atoms with van der Waals surface area (Å²) in [6.07, 6.45) is 3.04. The third-order valence-electron chi connectivity index (χ3n) is 4.06. The molecular weight excluding hydrogens is 340 g/mol. The number of nitrogens with one attached hydrogen (secondary N) is 1. The van der Waals surface area contributed by atoms with Gasteiger partial charge in [0.25, 0.3) is 0 Å². The number of piperidine rings is 1. The van der Waals surface area contributed by atoms with Crippen molar-refractivity contribution in [3.8, 4) is 5.75 Å². The lowest BCUT2D eigenvalue weighted by Crippen LogP contribution is -2.46. The molecule has 1 atom stereocenters. The highest BCUT2D eigenvalue weighted by atomic mass is 32.2. The molecule has 0 radical (unpaired) electrons. The van der Waals surface area contributed by atoms with E-state index in [1.54, 1.807) is 4.90 Å². The molecule has 0 bridgehead atoms. The molecule has 0 spiro atoms. The third kappa shape index (κ3) is 6.94. The molecule has 0 aromatic heterocycles. The number of nitrogens with zero attached hydrogens (tertiary/aromatic N) is 1. The number of carbonyl (C=O) groups is 1. The first-order valence-corrected chi connectivity index (χ1v) is 10.7. The second kappa shape index (κ2) is 8.56. The minimum atomic E-state index is -3.02. The summed E-state index contributed by atoms with van der Waals surface area (Å²) in [4.78, 5) is 14.1. The number of ether oxygens (including phenoxy) is 1. The predicted octanol–water partition coefficient (Wildman–Crippen LogP) is 2.44. The first-order chi connectivity index (χ1) is 11.7. The largest absolute Gasteiger partial charge is 0.491 e. The monoisotopic (exact) mass is 368 g/mol. The number of hydrogen-bond acceptors (Lipinski definition) is 4. The first-order valence-electron chi connectivity index (χ1n) is 8.69. The van der Waals surface area contributed by atoms with Crippen LogP contribution in [0.5, 0.6) is 5.75 Å². The number of urea groups is 1. The van der Waals surface area contributed by atoms with E-state index >= 15 is 0 Å². The Bertz CT molecular complexity index is 688. The molecule has 1 aliphatic heterocycles. The van der Waals surface area contributed by atoms with Crippen LogP contribution in [0.25, 0.3) is 0 Å². The number of sulfone groups is 1. The fourth-order valence-electron chi connectivity index (χ4n) is 3.10. The van der Waals surface area contributed by atoms with Crippen molar-refractivity contribution in [1.82, 2.24) is 10.2 Å². The summed E-state index contributed by atoms with van der Waals surface area (Å²) in [5.74, 6) is 0.955. The first kappa shape index (κ1) is 19.6. The van der Waals surface area contributed by atoms with Gasteiger partial charge in [-0.15, -0.1) is 0 Å². The minimum Gasteiger partial charge on any atom is -0.491 e. The van der Waals surface area contributed by atoms with Gasteiger partial charge in [0.15, 0.2) is 0 Å². The van der Waals surface area contributed by atoms with Crippen LogP contribution in [0, 0.1) is 5.92 Å². The molecule has 1 fully saturated rings. The zero-order valence-electron chi connectivity index (χ0n) is 15.2. The van der Waals surface area contributed by atoms with Gasteiger partial charge >= 0.3 is 6.03 Å². The molecule has 1 aromatic rings. The van der Waals surface area contributed by atoms with Gasteiger partial charge in [-0.3, -0.25) is 0 Å². The lowest BCUT2D eigenvalue weighted by molar-refractivity contribution is 0.170. The molecule has 1 aliphatic rings. The number of rotatable bonds is 6. The van der Waals surface area contributed by atoms with Crippen LogP contribution in [0.3, 0.4) is 0 Å². The zero-order chi connectivity index (χ0) is 18.4. The summed E-state index contributed by atoms with van der Waals surface area (Å²) in [5.41, 5.74) is 0.969. The molecule has 1 unspecified atom stereocenters. The molecule has 25 heavy (non-hydrogen) atoms. The van der Waals surface area contributed by atoms with E-state index in [-0.39, 0.29) is 23.8 Å². The van der Waals surface area contributed by atoms with Crippen molar-refractivity contribution in [3.05, 3.63) is 29.8 Å². The van der Waals surface area contributed by atoms with Crippen LogP contribution in [0.4, 0.5) is 4.79 Å².